The van der Waals surface area contributed by atoms with E-state index in [0.29, 0.717) is 11.4 Å². The highest BCUT2D eigenvalue weighted by molar-refractivity contribution is 7.09. The van der Waals surface area contributed by atoms with Crippen LogP contribution in [-0.4, -0.2) is 22.4 Å². The Hall–Kier alpha value is -0.840. The van der Waals surface area contributed by atoms with Gasteiger partial charge in [-0.3, -0.25) is 0 Å². The first-order chi connectivity index (χ1) is 7.69. The lowest BCUT2D eigenvalue weighted by molar-refractivity contribution is 0.199. The van der Waals surface area contributed by atoms with Gasteiger partial charge in [-0.25, -0.2) is 0 Å². The summed E-state index contributed by atoms with van der Waals surface area (Å²) in [6.45, 7) is 6.80. The van der Waals surface area contributed by atoms with Crippen LogP contribution in [-0.2, 0) is 0 Å². The van der Waals surface area contributed by atoms with Crippen molar-refractivity contribution in [2.24, 2.45) is 5.41 Å². The monoisotopic (exact) mass is 240 g/mol. The molecule has 1 aliphatic rings. The van der Waals surface area contributed by atoms with E-state index in [-0.39, 0.29) is 0 Å². The molecule has 5 heteroatoms. The summed E-state index contributed by atoms with van der Waals surface area (Å²) >= 11 is 1.41. The zero-order chi connectivity index (χ0) is 11.6. The highest BCUT2D eigenvalue weighted by Crippen LogP contribution is 2.39. The second-order valence-electron chi connectivity index (χ2n) is 4.63. The standard InChI is InChI=1S/C11H20N4S/c1-3-11(4-2)5-7-15(8-6-11)10-13-9(12)14-16-10/h3-8H2,1-2H3,(H2,12,14). The van der Waals surface area contributed by atoms with Gasteiger partial charge < -0.3 is 10.6 Å². The Labute approximate surface area is 101 Å². The smallest absolute Gasteiger partial charge is 0.233 e. The van der Waals surface area contributed by atoms with Crippen LogP contribution >= 0.6 is 11.5 Å². The Morgan fingerprint density at radius 1 is 1.31 bits per heavy atom. The third-order valence-corrected chi connectivity index (χ3v) is 4.82. The van der Waals surface area contributed by atoms with Crippen LogP contribution in [0.4, 0.5) is 11.1 Å². The second kappa shape index (κ2) is 4.57. The summed E-state index contributed by atoms with van der Waals surface area (Å²) in [4.78, 5) is 6.56. The third kappa shape index (κ3) is 2.14. The van der Waals surface area contributed by atoms with E-state index in [1.165, 1.54) is 37.2 Å². The fourth-order valence-electron chi connectivity index (χ4n) is 2.48. The molecule has 0 spiro atoms. The molecule has 0 radical (unpaired) electrons. The largest absolute Gasteiger partial charge is 0.367 e. The van der Waals surface area contributed by atoms with E-state index in [9.17, 15) is 0 Å². The van der Waals surface area contributed by atoms with Gasteiger partial charge in [0.25, 0.3) is 0 Å². The van der Waals surface area contributed by atoms with Crippen molar-refractivity contribution in [1.82, 2.24) is 9.36 Å². The van der Waals surface area contributed by atoms with Crippen molar-refractivity contribution in [3.63, 3.8) is 0 Å². The number of nitrogen functional groups attached to an aromatic ring is 1. The lowest BCUT2D eigenvalue weighted by atomic mass is 9.74. The van der Waals surface area contributed by atoms with Crippen LogP contribution in [0, 0.1) is 5.41 Å². The molecule has 0 amide bonds. The van der Waals surface area contributed by atoms with E-state index in [1.54, 1.807) is 0 Å². The summed E-state index contributed by atoms with van der Waals surface area (Å²) < 4.78 is 4.04. The van der Waals surface area contributed by atoms with Gasteiger partial charge in [0, 0.05) is 24.6 Å². The number of rotatable bonds is 3. The van der Waals surface area contributed by atoms with Gasteiger partial charge in [-0.15, -0.1) is 0 Å². The maximum atomic E-state index is 5.55. The summed E-state index contributed by atoms with van der Waals surface area (Å²) in [6, 6.07) is 0. The zero-order valence-electron chi connectivity index (χ0n) is 10.1. The second-order valence-corrected chi connectivity index (χ2v) is 5.36. The number of hydrogen-bond acceptors (Lipinski definition) is 5. The van der Waals surface area contributed by atoms with Crippen molar-refractivity contribution < 1.29 is 0 Å². The van der Waals surface area contributed by atoms with E-state index in [2.05, 4.69) is 28.1 Å². The van der Waals surface area contributed by atoms with Gasteiger partial charge in [-0.05, 0) is 18.3 Å². The van der Waals surface area contributed by atoms with Crippen molar-refractivity contribution in [3.05, 3.63) is 0 Å². The predicted octanol–water partition coefficient (Wildman–Crippen LogP) is 2.53. The summed E-state index contributed by atoms with van der Waals surface area (Å²) in [5.74, 6) is 0.405. The minimum absolute atomic E-state index is 0.405. The predicted molar refractivity (Wildman–Crippen MR) is 68.8 cm³/mol. The molecule has 0 unspecified atom stereocenters. The van der Waals surface area contributed by atoms with Gasteiger partial charge in [0.05, 0.1) is 0 Å². The first-order valence-corrected chi connectivity index (χ1v) is 6.80. The van der Waals surface area contributed by atoms with Crippen LogP contribution < -0.4 is 10.6 Å². The number of nitrogens with two attached hydrogens (primary N) is 1. The van der Waals surface area contributed by atoms with E-state index < -0.39 is 0 Å². The molecule has 2 heterocycles. The normalized spacial score (nSPS) is 20.0. The third-order valence-electron chi connectivity index (χ3n) is 4.03. The zero-order valence-corrected chi connectivity index (χ0v) is 10.9. The van der Waals surface area contributed by atoms with Crippen molar-refractivity contribution in [2.75, 3.05) is 23.7 Å². The quantitative estimate of drug-likeness (QED) is 0.882. The molecule has 1 aliphatic heterocycles. The summed E-state index contributed by atoms with van der Waals surface area (Å²) in [5, 5.41) is 0.985. The molecule has 1 saturated heterocycles. The molecule has 0 atom stereocenters. The Morgan fingerprint density at radius 2 is 1.94 bits per heavy atom. The van der Waals surface area contributed by atoms with Crippen LogP contribution in [0.2, 0.25) is 0 Å². The molecule has 1 aromatic heterocycles. The number of piperidine rings is 1. The number of hydrogen-bond donors (Lipinski definition) is 1. The van der Waals surface area contributed by atoms with Gasteiger partial charge in [-0.2, -0.15) is 9.36 Å². The minimum atomic E-state index is 0.405. The van der Waals surface area contributed by atoms with Crippen molar-refractivity contribution in [1.29, 1.82) is 0 Å². The highest BCUT2D eigenvalue weighted by atomic mass is 32.1. The van der Waals surface area contributed by atoms with E-state index in [0.717, 1.165) is 18.2 Å². The summed E-state index contributed by atoms with van der Waals surface area (Å²) in [7, 11) is 0. The molecule has 16 heavy (non-hydrogen) atoms. The lowest BCUT2D eigenvalue weighted by Gasteiger charge is -2.40. The Bertz CT molecular complexity index is 336. The molecule has 1 aromatic rings. The fourth-order valence-corrected chi connectivity index (χ4v) is 3.13. The average Bonchev–Trinajstić information content (AvgIpc) is 2.76. The van der Waals surface area contributed by atoms with Crippen molar-refractivity contribution in [2.45, 2.75) is 39.5 Å². The van der Waals surface area contributed by atoms with Crippen LogP contribution in [0.3, 0.4) is 0 Å². The average molecular weight is 240 g/mol. The topological polar surface area (TPSA) is 55.0 Å². The molecule has 0 aromatic carbocycles. The van der Waals surface area contributed by atoms with Crippen LogP contribution in [0.25, 0.3) is 0 Å². The maximum Gasteiger partial charge on any atom is 0.233 e. The van der Waals surface area contributed by atoms with Gasteiger partial charge in [0.2, 0.25) is 11.1 Å². The first kappa shape index (κ1) is 11.6. The van der Waals surface area contributed by atoms with Crippen LogP contribution in [0.5, 0.6) is 0 Å². The van der Waals surface area contributed by atoms with Gasteiger partial charge >= 0.3 is 0 Å². The number of aromatic nitrogens is 2. The summed E-state index contributed by atoms with van der Waals surface area (Å²) in [5.41, 5.74) is 6.11. The fraction of sp³-hybridized carbons (Fsp3) is 0.818. The van der Waals surface area contributed by atoms with Crippen LogP contribution in [0.1, 0.15) is 39.5 Å². The van der Waals surface area contributed by atoms with Gasteiger partial charge in [0.15, 0.2) is 0 Å². The first-order valence-electron chi connectivity index (χ1n) is 6.03. The van der Waals surface area contributed by atoms with Crippen molar-refractivity contribution in [3.8, 4) is 0 Å². The van der Waals surface area contributed by atoms with E-state index >= 15 is 0 Å². The minimum Gasteiger partial charge on any atom is -0.367 e. The Morgan fingerprint density at radius 3 is 2.38 bits per heavy atom. The molecule has 0 bridgehead atoms. The molecule has 2 N–H and O–H groups in total. The van der Waals surface area contributed by atoms with E-state index in [4.69, 9.17) is 5.73 Å². The molecular formula is C11H20N4S. The van der Waals surface area contributed by atoms with Crippen LogP contribution in [0.15, 0.2) is 0 Å². The van der Waals surface area contributed by atoms with Gasteiger partial charge in [-0.1, -0.05) is 26.7 Å². The van der Waals surface area contributed by atoms with E-state index in [1.807, 2.05) is 0 Å². The number of nitrogens with zero attached hydrogens (tertiary/aromatic N) is 3. The molecule has 90 valence electrons. The molecule has 2 rings (SSSR count). The SMILES string of the molecule is CCC1(CC)CCN(c2nc(N)ns2)CC1. The Kier molecular flexibility index (Phi) is 3.33. The molecule has 4 nitrogen and oxygen atoms in total. The highest BCUT2D eigenvalue weighted by Gasteiger charge is 2.32. The number of anilines is 2. The molecule has 0 saturated carbocycles. The summed E-state index contributed by atoms with van der Waals surface area (Å²) in [6.07, 6.45) is 5.10. The lowest BCUT2D eigenvalue weighted by Crippen LogP contribution is -2.39. The maximum absolute atomic E-state index is 5.55. The van der Waals surface area contributed by atoms with Crippen molar-refractivity contribution >= 4 is 22.6 Å². The Balaban J connectivity index is 1.99. The van der Waals surface area contributed by atoms with Gasteiger partial charge in [0.1, 0.15) is 0 Å². The molecular weight excluding hydrogens is 220 g/mol. The molecule has 1 fully saturated rings. The molecule has 0 aliphatic carbocycles.